The highest BCUT2D eigenvalue weighted by Crippen LogP contribution is 2.43. The zero-order valence-electron chi connectivity index (χ0n) is 15.0. The van der Waals surface area contributed by atoms with Crippen LogP contribution in [0.4, 0.5) is 4.79 Å². The Kier molecular flexibility index (Phi) is 5.30. The maximum absolute atomic E-state index is 12.4. The number of fused-ring (bicyclic) bond motifs is 1. The molecule has 0 spiro atoms. The molecule has 0 bridgehead atoms. The number of nitrogens with one attached hydrogen (secondary N) is 2. The molecule has 1 aromatic carbocycles. The predicted octanol–water partition coefficient (Wildman–Crippen LogP) is 3.81. The summed E-state index contributed by atoms with van der Waals surface area (Å²) in [7, 11) is 0. The Labute approximate surface area is 149 Å². The maximum Gasteiger partial charge on any atom is 0.315 e. The third-order valence-electron chi connectivity index (χ3n) is 5.78. The van der Waals surface area contributed by atoms with Gasteiger partial charge in [-0.2, -0.15) is 0 Å². The van der Waals surface area contributed by atoms with Crippen molar-refractivity contribution in [3.63, 3.8) is 0 Å². The Morgan fingerprint density at radius 2 is 1.68 bits per heavy atom. The van der Waals surface area contributed by atoms with Crippen LogP contribution in [0.5, 0.6) is 0 Å². The molecule has 1 aromatic rings. The van der Waals surface area contributed by atoms with Crippen LogP contribution in [0.1, 0.15) is 69.0 Å². The fourth-order valence-corrected chi connectivity index (χ4v) is 4.31. The van der Waals surface area contributed by atoms with Crippen molar-refractivity contribution in [2.75, 3.05) is 0 Å². The molecule has 2 aliphatic carbocycles. The number of aliphatic carboxylic acids is 1. The van der Waals surface area contributed by atoms with Gasteiger partial charge in [-0.1, -0.05) is 38.1 Å². The number of hydrogen-bond acceptors (Lipinski definition) is 2. The van der Waals surface area contributed by atoms with Crippen molar-refractivity contribution in [2.24, 2.45) is 11.8 Å². The van der Waals surface area contributed by atoms with Crippen molar-refractivity contribution in [1.29, 1.82) is 0 Å². The molecule has 25 heavy (non-hydrogen) atoms. The van der Waals surface area contributed by atoms with Crippen molar-refractivity contribution in [1.82, 2.24) is 10.6 Å². The van der Waals surface area contributed by atoms with Gasteiger partial charge in [0.2, 0.25) is 0 Å². The zero-order chi connectivity index (χ0) is 18.0. The first kappa shape index (κ1) is 17.8. The Bertz CT molecular complexity index is 636. The van der Waals surface area contributed by atoms with Crippen LogP contribution in [0.3, 0.4) is 0 Å². The minimum absolute atomic E-state index is 0.0546. The van der Waals surface area contributed by atoms with Gasteiger partial charge in [-0.25, -0.2) is 4.79 Å². The minimum Gasteiger partial charge on any atom is -0.481 e. The lowest BCUT2D eigenvalue weighted by atomic mass is 9.86. The van der Waals surface area contributed by atoms with E-state index in [-0.39, 0.29) is 24.0 Å². The molecule has 2 amide bonds. The van der Waals surface area contributed by atoms with Gasteiger partial charge in [0, 0.05) is 6.04 Å². The molecule has 0 aliphatic heterocycles. The maximum atomic E-state index is 12.4. The van der Waals surface area contributed by atoms with Gasteiger partial charge >= 0.3 is 12.0 Å². The summed E-state index contributed by atoms with van der Waals surface area (Å²) in [4.78, 5) is 23.4. The van der Waals surface area contributed by atoms with E-state index in [2.05, 4.69) is 42.7 Å². The highest BCUT2D eigenvalue weighted by molar-refractivity contribution is 5.75. The fraction of sp³-hybridized carbons (Fsp3) is 0.600. The van der Waals surface area contributed by atoms with E-state index in [0.29, 0.717) is 24.7 Å². The Balaban J connectivity index is 1.56. The molecule has 0 unspecified atom stereocenters. The summed E-state index contributed by atoms with van der Waals surface area (Å²) in [5, 5.41) is 15.2. The molecule has 2 atom stereocenters. The number of hydrogen-bond donors (Lipinski definition) is 3. The average Bonchev–Trinajstić information content (AvgIpc) is 2.94. The third-order valence-corrected chi connectivity index (χ3v) is 5.78. The number of benzene rings is 1. The number of amides is 2. The van der Waals surface area contributed by atoms with Gasteiger partial charge in [0.1, 0.15) is 0 Å². The SMILES string of the molecule is CC(C)[C@H]1C[C@@H](NC(=O)NC2CCC(C(=O)O)CC2)c2ccccc21. The van der Waals surface area contributed by atoms with Crippen molar-refractivity contribution in [3.8, 4) is 0 Å². The molecule has 136 valence electrons. The number of rotatable bonds is 4. The highest BCUT2D eigenvalue weighted by atomic mass is 16.4. The Morgan fingerprint density at radius 3 is 2.28 bits per heavy atom. The van der Waals surface area contributed by atoms with Gasteiger partial charge in [0.05, 0.1) is 12.0 Å². The lowest BCUT2D eigenvalue weighted by Gasteiger charge is -2.27. The number of carbonyl (C=O) groups is 2. The highest BCUT2D eigenvalue weighted by Gasteiger charge is 2.34. The molecule has 2 aliphatic rings. The van der Waals surface area contributed by atoms with Gasteiger partial charge in [0.15, 0.2) is 0 Å². The van der Waals surface area contributed by atoms with E-state index in [0.717, 1.165) is 19.3 Å². The molecule has 0 aromatic heterocycles. The quantitative estimate of drug-likeness (QED) is 0.777. The predicted molar refractivity (Wildman–Crippen MR) is 96.4 cm³/mol. The molecule has 0 saturated heterocycles. The van der Waals surface area contributed by atoms with Crippen molar-refractivity contribution < 1.29 is 14.7 Å². The van der Waals surface area contributed by atoms with Gasteiger partial charge in [0.25, 0.3) is 0 Å². The zero-order valence-corrected chi connectivity index (χ0v) is 15.0. The molecule has 1 saturated carbocycles. The second-order valence-electron chi connectivity index (χ2n) is 7.77. The van der Waals surface area contributed by atoms with Crippen LogP contribution in [-0.4, -0.2) is 23.1 Å². The standard InChI is InChI=1S/C20H28N2O3/c1-12(2)17-11-18(16-6-4-3-5-15(16)17)22-20(25)21-14-9-7-13(8-10-14)19(23)24/h3-6,12-14,17-18H,7-11H2,1-2H3,(H,23,24)(H2,21,22,25)/t13?,14?,17-,18-/m1/s1. The summed E-state index contributed by atoms with van der Waals surface area (Å²) in [6, 6.07) is 8.38. The van der Waals surface area contributed by atoms with Crippen LogP contribution in [-0.2, 0) is 4.79 Å². The second kappa shape index (κ2) is 7.46. The smallest absolute Gasteiger partial charge is 0.315 e. The molecular formula is C20H28N2O3. The number of urea groups is 1. The first-order valence-corrected chi connectivity index (χ1v) is 9.34. The molecule has 3 rings (SSSR count). The van der Waals surface area contributed by atoms with Crippen LogP contribution in [0.25, 0.3) is 0 Å². The van der Waals surface area contributed by atoms with Crippen LogP contribution < -0.4 is 10.6 Å². The van der Waals surface area contributed by atoms with E-state index in [1.807, 2.05) is 6.07 Å². The van der Waals surface area contributed by atoms with Gasteiger partial charge in [-0.15, -0.1) is 0 Å². The van der Waals surface area contributed by atoms with Gasteiger partial charge in [-0.3, -0.25) is 4.79 Å². The number of carbonyl (C=O) groups excluding carboxylic acids is 1. The molecule has 3 N–H and O–H groups in total. The van der Waals surface area contributed by atoms with Crippen molar-refractivity contribution in [3.05, 3.63) is 35.4 Å². The second-order valence-corrected chi connectivity index (χ2v) is 7.77. The van der Waals surface area contributed by atoms with Gasteiger partial charge < -0.3 is 15.7 Å². The van der Waals surface area contributed by atoms with Crippen LogP contribution in [0.15, 0.2) is 24.3 Å². The summed E-state index contributed by atoms with van der Waals surface area (Å²) < 4.78 is 0. The van der Waals surface area contributed by atoms with E-state index in [4.69, 9.17) is 5.11 Å². The lowest BCUT2D eigenvalue weighted by molar-refractivity contribution is -0.142. The van der Waals surface area contributed by atoms with Gasteiger partial charge in [-0.05, 0) is 55.1 Å². The summed E-state index contributed by atoms with van der Waals surface area (Å²) in [6.07, 6.45) is 3.70. The Hall–Kier alpha value is -2.04. The minimum atomic E-state index is -0.717. The fourth-order valence-electron chi connectivity index (χ4n) is 4.31. The number of carboxylic acid groups (broad SMARTS) is 1. The van der Waals surface area contributed by atoms with E-state index in [9.17, 15) is 9.59 Å². The normalized spacial score (nSPS) is 28.4. The molecule has 5 heteroatoms. The van der Waals surface area contributed by atoms with Crippen LogP contribution in [0.2, 0.25) is 0 Å². The van der Waals surface area contributed by atoms with E-state index < -0.39 is 5.97 Å². The topological polar surface area (TPSA) is 78.4 Å². The van der Waals surface area contributed by atoms with Crippen molar-refractivity contribution >= 4 is 12.0 Å². The third kappa shape index (κ3) is 3.97. The average molecular weight is 344 g/mol. The first-order chi connectivity index (χ1) is 12.0. The molecule has 1 fully saturated rings. The summed E-state index contributed by atoms with van der Waals surface area (Å²) in [5.41, 5.74) is 2.58. The monoisotopic (exact) mass is 344 g/mol. The summed E-state index contributed by atoms with van der Waals surface area (Å²) >= 11 is 0. The molecule has 0 radical (unpaired) electrons. The summed E-state index contributed by atoms with van der Waals surface area (Å²) in [5.74, 6) is 0.0506. The van der Waals surface area contributed by atoms with E-state index in [1.54, 1.807) is 0 Å². The van der Waals surface area contributed by atoms with E-state index in [1.165, 1.54) is 11.1 Å². The first-order valence-electron chi connectivity index (χ1n) is 9.34. The lowest BCUT2D eigenvalue weighted by Crippen LogP contribution is -2.45. The van der Waals surface area contributed by atoms with Crippen molar-refractivity contribution in [2.45, 2.75) is 64.0 Å². The molecule has 5 nitrogen and oxygen atoms in total. The molecular weight excluding hydrogens is 316 g/mol. The largest absolute Gasteiger partial charge is 0.481 e. The van der Waals surface area contributed by atoms with Crippen LogP contribution in [0, 0.1) is 11.8 Å². The van der Waals surface area contributed by atoms with Crippen LogP contribution >= 0.6 is 0 Å². The Morgan fingerprint density at radius 1 is 1.04 bits per heavy atom. The number of carboxylic acids is 1. The summed E-state index contributed by atoms with van der Waals surface area (Å²) in [6.45, 7) is 4.45. The van der Waals surface area contributed by atoms with E-state index >= 15 is 0 Å². The molecule has 0 heterocycles.